The molecule has 0 radical (unpaired) electrons. The fourth-order valence-electron chi connectivity index (χ4n) is 1.67. The standard InChI is InChI=1S/C13H28OS/c1-9(2)7-12(14)13(11(5)6)15-8-10(3)4/h9-14H,7-8H2,1-6H3. The van der Waals surface area contributed by atoms with Crippen molar-refractivity contribution in [2.45, 2.75) is 59.3 Å². The monoisotopic (exact) mass is 232 g/mol. The molecular weight excluding hydrogens is 204 g/mol. The van der Waals surface area contributed by atoms with Gasteiger partial charge in [-0.25, -0.2) is 0 Å². The maximum atomic E-state index is 10.1. The molecule has 0 aliphatic rings. The van der Waals surface area contributed by atoms with Crippen molar-refractivity contribution in [1.29, 1.82) is 0 Å². The Balaban J connectivity index is 4.13. The van der Waals surface area contributed by atoms with Crippen molar-refractivity contribution in [2.24, 2.45) is 17.8 Å². The molecule has 0 amide bonds. The lowest BCUT2D eigenvalue weighted by atomic mass is 9.97. The smallest absolute Gasteiger partial charge is 0.0663 e. The molecule has 0 aromatic heterocycles. The van der Waals surface area contributed by atoms with E-state index in [4.69, 9.17) is 0 Å². The zero-order valence-corrected chi connectivity index (χ0v) is 12.0. The molecule has 92 valence electrons. The number of rotatable bonds is 7. The largest absolute Gasteiger partial charge is 0.392 e. The summed E-state index contributed by atoms with van der Waals surface area (Å²) in [5.41, 5.74) is 0. The van der Waals surface area contributed by atoms with Crippen LogP contribution in [0.15, 0.2) is 0 Å². The maximum absolute atomic E-state index is 10.1. The van der Waals surface area contributed by atoms with Gasteiger partial charge in [0.2, 0.25) is 0 Å². The average Bonchev–Trinajstić information content (AvgIpc) is 2.01. The Morgan fingerprint density at radius 3 is 1.80 bits per heavy atom. The quantitative estimate of drug-likeness (QED) is 0.720. The number of aliphatic hydroxyl groups excluding tert-OH is 1. The molecule has 0 rings (SSSR count). The Bertz CT molecular complexity index is 155. The molecule has 0 spiro atoms. The Kier molecular flexibility index (Phi) is 7.72. The molecule has 0 bridgehead atoms. The zero-order chi connectivity index (χ0) is 12.0. The van der Waals surface area contributed by atoms with Gasteiger partial charge in [-0.3, -0.25) is 0 Å². The van der Waals surface area contributed by atoms with Gasteiger partial charge >= 0.3 is 0 Å². The van der Waals surface area contributed by atoms with Gasteiger partial charge in [-0.15, -0.1) is 0 Å². The fourth-order valence-corrected chi connectivity index (χ4v) is 2.99. The lowest BCUT2D eigenvalue weighted by molar-refractivity contribution is 0.132. The van der Waals surface area contributed by atoms with E-state index in [0.717, 1.165) is 12.2 Å². The van der Waals surface area contributed by atoms with Gasteiger partial charge in [-0.05, 0) is 29.9 Å². The Hall–Kier alpha value is 0.310. The SMILES string of the molecule is CC(C)CSC(C(C)C)C(O)CC(C)C. The molecular formula is C13H28OS. The van der Waals surface area contributed by atoms with Gasteiger partial charge in [-0.1, -0.05) is 41.5 Å². The first-order chi connectivity index (χ1) is 6.84. The van der Waals surface area contributed by atoms with Crippen LogP contribution in [-0.4, -0.2) is 22.2 Å². The molecule has 15 heavy (non-hydrogen) atoms. The summed E-state index contributed by atoms with van der Waals surface area (Å²) in [6, 6.07) is 0. The first-order valence-electron chi connectivity index (χ1n) is 6.14. The summed E-state index contributed by atoms with van der Waals surface area (Å²) < 4.78 is 0. The third-order valence-corrected chi connectivity index (χ3v) is 4.47. The van der Waals surface area contributed by atoms with Crippen LogP contribution in [-0.2, 0) is 0 Å². The van der Waals surface area contributed by atoms with E-state index in [1.807, 2.05) is 11.8 Å². The summed E-state index contributed by atoms with van der Waals surface area (Å²) in [4.78, 5) is 0. The van der Waals surface area contributed by atoms with Crippen molar-refractivity contribution >= 4 is 11.8 Å². The zero-order valence-electron chi connectivity index (χ0n) is 11.2. The molecule has 1 N–H and O–H groups in total. The van der Waals surface area contributed by atoms with Crippen LogP contribution in [0.2, 0.25) is 0 Å². The van der Waals surface area contributed by atoms with E-state index in [0.29, 0.717) is 23.0 Å². The van der Waals surface area contributed by atoms with E-state index in [-0.39, 0.29) is 6.10 Å². The van der Waals surface area contributed by atoms with E-state index < -0.39 is 0 Å². The predicted octanol–water partition coefficient (Wildman–Crippen LogP) is 3.81. The van der Waals surface area contributed by atoms with Gasteiger partial charge in [0.25, 0.3) is 0 Å². The number of aliphatic hydroxyl groups is 1. The van der Waals surface area contributed by atoms with Gasteiger partial charge in [-0.2, -0.15) is 11.8 Å². The van der Waals surface area contributed by atoms with Crippen molar-refractivity contribution in [3.8, 4) is 0 Å². The molecule has 0 saturated heterocycles. The van der Waals surface area contributed by atoms with Crippen LogP contribution in [0.25, 0.3) is 0 Å². The molecule has 0 aliphatic carbocycles. The second-order valence-corrected chi connectivity index (χ2v) is 6.84. The molecule has 0 aromatic rings. The van der Waals surface area contributed by atoms with Gasteiger partial charge in [0.1, 0.15) is 0 Å². The second-order valence-electron chi connectivity index (χ2n) is 5.63. The lowest BCUT2D eigenvalue weighted by Gasteiger charge is -2.27. The molecule has 0 saturated carbocycles. The van der Waals surface area contributed by atoms with Gasteiger partial charge in [0.15, 0.2) is 0 Å². The van der Waals surface area contributed by atoms with Crippen molar-refractivity contribution in [3.63, 3.8) is 0 Å². The average molecular weight is 232 g/mol. The van der Waals surface area contributed by atoms with Crippen LogP contribution in [0.3, 0.4) is 0 Å². The fraction of sp³-hybridized carbons (Fsp3) is 1.00. The highest BCUT2D eigenvalue weighted by Gasteiger charge is 2.23. The summed E-state index contributed by atoms with van der Waals surface area (Å²) in [5, 5.41) is 10.5. The van der Waals surface area contributed by atoms with E-state index in [1.54, 1.807) is 0 Å². The Morgan fingerprint density at radius 1 is 0.933 bits per heavy atom. The Morgan fingerprint density at radius 2 is 1.47 bits per heavy atom. The number of hydrogen-bond acceptors (Lipinski definition) is 2. The van der Waals surface area contributed by atoms with Crippen LogP contribution < -0.4 is 0 Å². The van der Waals surface area contributed by atoms with Crippen molar-refractivity contribution in [2.75, 3.05) is 5.75 Å². The minimum Gasteiger partial charge on any atom is -0.392 e. The first kappa shape index (κ1) is 15.3. The third-order valence-electron chi connectivity index (χ3n) is 2.37. The number of thioether (sulfide) groups is 1. The van der Waals surface area contributed by atoms with Crippen LogP contribution >= 0.6 is 11.8 Å². The van der Waals surface area contributed by atoms with Gasteiger partial charge in [0.05, 0.1) is 6.10 Å². The molecule has 2 atom stereocenters. The molecule has 0 fully saturated rings. The topological polar surface area (TPSA) is 20.2 Å². The molecule has 0 aliphatic heterocycles. The maximum Gasteiger partial charge on any atom is 0.0663 e. The summed E-state index contributed by atoms with van der Waals surface area (Å²) in [5.74, 6) is 3.00. The highest BCUT2D eigenvalue weighted by Crippen LogP contribution is 2.27. The minimum atomic E-state index is -0.145. The van der Waals surface area contributed by atoms with Crippen LogP contribution in [0.1, 0.15) is 48.0 Å². The summed E-state index contributed by atoms with van der Waals surface area (Å²) in [6.07, 6.45) is 0.780. The van der Waals surface area contributed by atoms with E-state index in [2.05, 4.69) is 41.5 Å². The van der Waals surface area contributed by atoms with Gasteiger partial charge < -0.3 is 5.11 Å². The van der Waals surface area contributed by atoms with Crippen molar-refractivity contribution in [1.82, 2.24) is 0 Å². The van der Waals surface area contributed by atoms with Crippen molar-refractivity contribution < 1.29 is 5.11 Å². The first-order valence-corrected chi connectivity index (χ1v) is 7.19. The molecule has 2 unspecified atom stereocenters. The summed E-state index contributed by atoms with van der Waals surface area (Å²) in [6.45, 7) is 13.2. The molecule has 0 heterocycles. The van der Waals surface area contributed by atoms with E-state index in [9.17, 15) is 5.11 Å². The Labute approximate surface area is 100 Å². The third kappa shape index (κ3) is 7.24. The van der Waals surface area contributed by atoms with E-state index in [1.165, 1.54) is 0 Å². The van der Waals surface area contributed by atoms with Gasteiger partial charge in [0, 0.05) is 5.25 Å². The predicted molar refractivity (Wildman–Crippen MR) is 71.4 cm³/mol. The van der Waals surface area contributed by atoms with Crippen LogP contribution in [0.4, 0.5) is 0 Å². The van der Waals surface area contributed by atoms with Crippen LogP contribution in [0, 0.1) is 17.8 Å². The normalized spacial score (nSPS) is 16.4. The van der Waals surface area contributed by atoms with Crippen molar-refractivity contribution in [3.05, 3.63) is 0 Å². The second kappa shape index (κ2) is 7.56. The highest BCUT2D eigenvalue weighted by atomic mass is 32.2. The van der Waals surface area contributed by atoms with Crippen LogP contribution in [0.5, 0.6) is 0 Å². The molecule has 2 heteroatoms. The minimum absolute atomic E-state index is 0.145. The highest BCUT2D eigenvalue weighted by molar-refractivity contribution is 7.99. The number of hydrogen-bond donors (Lipinski definition) is 1. The molecule has 0 aromatic carbocycles. The van der Waals surface area contributed by atoms with E-state index >= 15 is 0 Å². The lowest BCUT2D eigenvalue weighted by Crippen LogP contribution is -2.30. The summed E-state index contributed by atoms with van der Waals surface area (Å²) >= 11 is 1.94. The molecule has 1 nitrogen and oxygen atoms in total. The summed E-state index contributed by atoms with van der Waals surface area (Å²) in [7, 11) is 0.